The molecule has 0 fully saturated rings. The second kappa shape index (κ2) is 24.2. The van der Waals surface area contributed by atoms with Crippen molar-refractivity contribution in [3.63, 3.8) is 0 Å². The maximum atomic E-state index is 11.6. The van der Waals surface area contributed by atoms with Gasteiger partial charge in [-0.3, -0.25) is 19.2 Å². The molecular weight excluding hydrogens is 794 g/mol. The lowest BCUT2D eigenvalue weighted by molar-refractivity contribution is 0.0591. The van der Waals surface area contributed by atoms with Crippen LogP contribution < -0.4 is 0 Å². The Hall–Kier alpha value is -5.05. The van der Waals surface area contributed by atoms with Gasteiger partial charge >= 0.3 is 11.9 Å². The first-order chi connectivity index (χ1) is 24.8. The largest absolute Gasteiger partial charge is 0.465 e. The molecule has 11 heteroatoms. The van der Waals surface area contributed by atoms with E-state index in [1.807, 2.05) is 37.3 Å². The van der Waals surface area contributed by atoms with E-state index < -0.39 is 11.9 Å². The minimum absolute atomic E-state index is 0.0238. The normalized spacial score (nSPS) is 10.1. The van der Waals surface area contributed by atoms with Crippen molar-refractivity contribution in [2.24, 2.45) is 0 Å². The van der Waals surface area contributed by atoms with Gasteiger partial charge in [0.25, 0.3) is 0 Å². The molecule has 0 amide bonds. The summed E-state index contributed by atoms with van der Waals surface area (Å²) in [7, 11) is 2.63. The summed E-state index contributed by atoms with van der Waals surface area (Å²) in [6, 6.07) is 29.2. The average molecular weight is 836 g/mol. The van der Waals surface area contributed by atoms with E-state index in [0.29, 0.717) is 52.6 Å². The third-order valence-corrected chi connectivity index (χ3v) is 7.87. The highest BCUT2D eigenvalue weighted by atomic mass is 79.9. The molecule has 0 bridgehead atoms. The highest BCUT2D eigenvalue weighted by Crippen LogP contribution is 2.14. The number of hydrogen-bond acceptors (Lipinski definition) is 9. The minimum atomic E-state index is -0.438. The van der Waals surface area contributed by atoms with E-state index >= 15 is 0 Å². The first-order valence-electron chi connectivity index (χ1n) is 16.2. The fourth-order valence-corrected chi connectivity index (χ4v) is 4.78. The van der Waals surface area contributed by atoms with Crippen LogP contribution in [0.25, 0.3) is 0 Å². The third-order valence-electron chi connectivity index (χ3n) is 6.96. The molecule has 1 unspecified atom stereocenters. The summed E-state index contributed by atoms with van der Waals surface area (Å²) in [4.78, 5) is 67.3. The molecule has 9 nitrogen and oxygen atoms in total. The van der Waals surface area contributed by atoms with Gasteiger partial charge in [-0.25, -0.2) is 9.59 Å². The van der Waals surface area contributed by atoms with Crippen LogP contribution in [0.3, 0.4) is 0 Å². The van der Waals surface area contributed by atoms with Gasteiger partial charge in [0.2, 0.25) is 0 Å². The number of carbonyl (C=O) groups is 6. The van der Waals surface area contributed by atoms with Gasteiger partial charge < -0.3 is 9.47 Å². The summed E-state index contributed by atoms with van der Waals surface area (Å²) < 4.78 is 10.1. The van der Waals surface area contributed by atoms with Gasteiger partial charge in [-0.2, -0.15) is 5.26 Å². The van der Waals surface area contributed by atoms with Gasteiger partial charge in [-0.15, -0.1) is 0 Å². The number of carbonyl (C=O) groups excluding carboxylic acids is 6. The van der Waals surface area contributed by atoms with Crippen molar-refractivity contribution >= 4 is 66.9 Å². The van der Waals surface area contributed by atoms with Gasteiger partial charge in [-0.05, 0) is 55.5 Å². The molecule has 0 aromatic heterocycles. The smallest absolute Gasteiger partial charge is 0.337 e. The average Bonchev–Trinajstić information content (AvgIpc) is 3.19. The van der Waals surface area contributed by atoms with Crippen molar-refractivity contribution < 1.29 is 38.2 Å². The number of benzene rings is 4. The number of ether oxygens (including phenoxy) is 2. The predicted octanol–water partition coefficient (Wildman–Crippen LogP) is 9.70. The monoisotopic (exact) mass is 833 g/mol. The van der Waals surface area contributed by atoms with Crippen LogP contribution in [0.5, 0.6) is 0 Å². The molecule has 0 saturated carbocycles. The van der Waals surface area contributed by atoms with Gasteiger partial charge in [0.15, 0.2) is 23.1 Å². The molecule has 0 aliphatic carbocycles. The summed E-state index contributed by atoms with van der Waals surface area (Å²) in [5.41, 5.74) is 3.79. The number of Topliss-reactive ketones (excluding diaryl/α,β-unsaturated/α-hetero) is 4. The Kier molecular flexibility index (Phi) is 20.9. The fraction of sp³-hybridized carbons (Fsp3) is 0.244. The molecule has 52 heavy (non-hydrogen) atoms. The topological polar surface area (TPSA) is 145 Å². The SMILES string of the molecule is CCC(=O)c1cccc(Br)c1.CCC(=O)c1cccc(C#N)c1.CCC(=O)c1cccc(C(=O)OC)c1.COC(=O)c1cccc(C(=O)C(C)Br)c1. The summed E-state index contributed by atoms with van der Waals surface area (Å²) in [5, 5.41) is 8.56. The lowest BCUT2D eigenvalue weighted by Crippen LogP contribution is -2.11. The van der Waals surface area contributed by atoms with Crippen LogP contribution in [0.2, 0.25) is 0 Å². The number of esters is 2. The van der Waals surface area contributed by atoms with Crippen LogP contribution in [-0.4, -0.2) is 54.1 Å². The second-order valence-corrected chi connectivity index (χ2v) is 12.9. The van der Waals surface area contributed by atoms with E-state index in [9.17, 15) is 28.8 Å². The number of ketones is 4. The molecule has 1 atom stereocenters. The molecule has 4 aromatic carbocycles. The standard InChI is InChI=1S/C11H11BrO3.C11H12O3.C10H9NO.C9H9BrO/c1-7(12)10(13)8-4-3-5-9(6-8)11(14)15-2;1-3-10(12)8-5-4-6-9(7-8)11(13)14-2;1-2-10(12)9-5-3-4-8(6-9)7-11;1-2-9(11)7-4-3-5-8(10)6-7/h3-7H,1-2H3;4-7H,3H2,1-2H3;3-6H,2H2,1H3;3-6H,2H2,1H3. The summed E-state index contributed by atoms with van der Waals surface area (Å²) in [6.45, 7) is 7.20. The second-order valence-electron chi connectivity index (χ2n) is 10.7. The fourth-order valence-electron chi connectivity index (χ4n) is 4.12. The highest BCUT2D eigenvalue weighted by molar-refractivity contribution is 9.10. The van der Waals surface area contributed by atoms with Crippen LogP contribution in [0.4, 0.5) is 0 Å². The number of nitriles is 1. The zero-order valence-electron chi connectivity index (χ0n) is 29.9. The number of rotatable bonds is 10. The number of methoxy groups -OCH3 is 2. The first-order valence-corrected chi connectivity index (χ1v) is 17.9. The molecular formula is C41H41Br2NO8. The van der Waals surface area contributed by atoms with Crippen molar-refractivity contribution in [2.75, 3.05) is 14.2 Å². The Morgan fingerprint density at radius 1 is 0.596 bits per heavy atom. The van der Waals surface area contributed by atoms with E-state index in [4.69, 9.17) is 5.26 Å². The molecule has 0 aliphatic heterocycles. The Bertz CT molecular complexity index is 1860. The highest BCUT2D eigenvalue weighted by Gasteiger charge is 2.14. The molecule has 0 N–H and O–H groups in total. The Morgan fingerprint density at radius 3 is 1.37 bits per heavy atom. The zero-order chi connectivity index (χ0) is 39.2. The molecule has 0 radical (unpaired) electrons. The van der Waals surface area contributed by atoms with Gasteiger partial charge in [0.05, 0.1) is 41.8 Å². The molecule has 272 valence electrons. The van der Waals surface area contributed by atoms with E-state index in [-0.39, 0.29) is 28.0 Å². The maximum absolute atomic E-state index is 11.6. The molecule has 4 rings (SSSR count). The lowest BCUT2D eigenvalue weighted by Gasteiger charge is -2.04. The summed E-state index contributed by atoms with van der Waals surface area (Å²) >= 11 is 6.50. The van der Waals surface area contributed by atoms with Crippen LogP contribution >= 0.6 is 31.9 Å². The lowest BCUT2D eigenvalue weighted by atomic mass is 10.1. The minimum Gasteiger partial charge on any atom is -0.465 e. The van der Waals surface area contributed by atoms with E-state index in [0.717, 1.165) is 10.0 Å². The first kappa shape index (κ1) is 45.0. The van der Waals surface area contributed by atoms with Crippen molar-refractivity contribution in [1.82, 2.24) is 0 Å². The van der Waals surface area contributed by atoms with E-state index in [2.05, 4.69) is 41.3 Å². The van der Waals surface area contributed by atoms with Gasteiger partial charge in [-0.1, -0.05) is 101 Å². The van der Waals surface area contributed by atoms with E-state index in [1.54, 1.807) is 87.5 Å². The molecule has 0 saturated heterocycles. The van der Waals surface area contributed by atoms with Gasteiger partial charge in [0.1, 0.15) is 0 Å². The van der Waals surface area contributed by atoms with Crippen LogP contribution in [0.15, 0.2) is 102 Å². The number of halogens is 2. The van der Waals surface area contributed by atoms with Crippen molar-refractivity contribution in [3.05, 3.63) is 140 Å². The predicted molar refractivity (Wildman–Crippen MR) is 207 cm³/mol. The van der Waals surface area contributed by atoms with Crippen molar-refractivity contribution in [1.29, 1.82) is 5.26 Å². The van der Waals surface area contributed by atoms with Crippen LogP contribution in [0, 0.1) is 11.3 Å². The van der Waals surface area contributed by atoms with Crippen LogP contribution in [-0.2, 0) is 9.47 Å². The molecule has 4 aromatic rings. The van der Waals surface area contributed by atoms with Crippen LogP contribution in [0.1, 0.15) is 115 Å². The summed E-state index contributed by atoms with van der Waals surface area (Å²) in [5.74, 6) is -0.627. The Labute approximate surface area is 321 Å². The number of nitrogens with zero attached hydrogens (tertiary/aromatic N) is 1. The van der Waals surface area contributed by atoms with E-state index in [1.165, 1.54) is 20.3 Å². The molecule has 0 spiro atoms. The molecule has 0 aliphatic rings. The Balaban J connectivity index is 0.000000349. The van der Waals surface area contributed by atoms with Gasteiger partial charge in [0, 0.05) is 46.0 Å². The number of hydrogen-bond donors (Lipinski definition) is 0. The third kappa shape index (κ3) is 15.5. The quantitative estimate of drug-likeness (QED) is 0.0866. The number of alkyl halides is 1. The van der Waals surface area contributed by atoms with Crippen molar-refractivity contribution in [2.45, 2.75) is 51.8 Å². The zero-order valence-corrected chi connectivity index (χ0v) is 33.1. The van der Waals surface area contributed by atoms with Crippen molar-refractivity contribution in [3.8, 4) is 6.07 Å². The molecule has 0 heterocycles. The Morgan fingerprint density at radius 2 is 0.962 bits per heavy atom. The maximum Gasteiger partial charge on any atom is 0.337 e. The summed E-state index contributed by atoms with van der Waals surface area (Å²) in [6.07, 6.45) is 1.48.